The minimum absolute atomic E-state index is 0.221. The third-order valence-electron chi connectivity index (χ3n) is 11.2. The highest BCUT2D eigenvalue weighted by atomic mass is 32.1. The van der Waals surface area contributed by atoms with Crippen LogP contribution in [0.4, 0.5) is 4.39 Å². The monoisotopic (exact) mass is 793 g/mol. The van der Waals surface area contributed by atoms with Crippen LogP contribution in [0.3, 0.4) is 0 Å². The molecule has 2 aliphatic rings. The van der Waals surface area contributed by atoms with Gasteiger partial charge >= 0.3 is 5.97 Å². The molecule has 57 heavy (non-hydrogen) atoms. The Kier molecular flexibility index (Phi) is 13.9. The van der Waals surface area contributed by atoms with Gasteiger partial charge in [-0.25, -0.2) is 9.37 Å². The zero-order valence-corrected chi connectivity index (χ0v) is 33.4. The molecule has 2 saturated heterocycles. The van der Waals surface area contributed by atoms with E-state index in [1.807, 2.05) is 40.6 Å². The highest BCUT2D eigenvalue weighted by molar-refractivity contribution is 7.09. The normalized spacial score (nSPS) is 16.7. The number of aliphatic hydroxyl groups is 1. The van der Waals surface area contributed by atoms with Gasteiger partial charge in [0.15, 0.2) is 0 Å². The first kappa shape index (κ1) is 40.4. The number of ether oxygens (including phenoxy) is 3. The number of hydrogen-bond acceptors (Lipinski definition) is 9. The Bertz CT molecular complexity index is 2080. The molecular formula is C46H52FN3O6S. The molecule has 0 saturated carbocycles. The second-order valence-corrected chi connectivity index (χ2v) is 16.0. The van der Waals surface area contributed by atoms with Crippen LogP contribution in [0.1, 0.15) is 60.2 Å². The van der Waals surface area contributed by atoms with E-state index in [-0.39, 0.29) is 12.4 Å². The predicted octanol–water partition coefficient (Wildman–Crippen LogP) is 8.99. The topological polar surface area (TPSA) is 105 Å². The average molecular weight is 794 g/mol. The third kappa shape index (κ3) is 10.8. The standard InChI is InChI=1S/C46H52FN3O6S/c1-32-37(8-5-10-41(32)35-7-4-9-39(25-35)54-24-6-20-49-22-18-33(28-51)19-23-49)29-55-40-17-14-36(27-50-21-3-2-11-43(50)46(52)53)44(26-40)56-30-45-48-42(31-57-45)34-12-15-38(47)16-13-34/h4-5,7-10,12-17,25-26,31,33,43,51H,2-3,6,11,18-24,27-30H2,1H3,(H,52,53)/t43-/m1/s1. The van der Waals surface area contributed by atoms with Crippen LogP contribution in [0, 0.1) is 18.7 Å². The third-order valence-corrected chi connectivity index (χ3v) is 12.0. The maximum atomic E-state index is 13.5. The molecule has 11 heteroatoms. The molecule has 3 heterocycles. The van der Waals surface area contributed by atoms with Crippen molar-refractivity contribution in [1.29, 1.82) is 0 Å². The number of rotatable bonds is 17. The fourth-order valence-corrected chi connectivity index (χ4v) is 8.49. The molecule has 0 radical (unpaired) electrons. The van der Waals surface area contributed by atoms with Crippen LogP contribution in [0.5, 0.6) is 17.2 Å². The molecule has 0 bridgehead atoms. The zero-order chi connectivity index (χ0) is 39.6. The number of aromatic nitrogens is 1. The van der Waals surface area contributed by atoms with Crippen LogP contribution >= 0.6 is 11.3 Å². The molecule has 0 unspecified atom stereocenters. The number of aliphatic hydroxyl groups excluding tert-OH is 1. The number of likely N-dealkylation sites (tertiary alicyclic amines) is 2. The number of nitrogens with zero attached hydrogens (tertiary/aromatic N) is 3. The average Bonchev–Trinajstić information content (AvgIpc) is 3.72. The quantitative estimate of drug-likeness (QED) is 0.0894. The molecule has 300 valence electrons. The molecule has 0 aliphatic carbocycles. The first-order valence-corrected chi connectivity index (χ1v) is 20.9. The number of hydrogen-bond donors (Lipinski definition) is 2. The lowest BCUT2D eigenvalue weighted by molar-refractivity contribution is -0.144. The van der Waals surface area contributed by atoms with Gasteiger partial charge in [0.1, 0.15) is 47.3 Å². The number of carboxylic acids is 1. The largest absolute Gasteiger partial charge is 0.494 e. The SMILES string of the molecule is Cc1c(COc2ccc(CN3CCCC[C@@H]3C(=O)O)c(OCc3nc(-c4ccc(F)cc4)cs3)c2)cccc1-c1cccc(OCCCN2CCC(CO)CC2)c1. The Morgan fingerprint density at radius 1 is 0.860 bits per heavy atom. The van der Waals surface area contributed by atoms with Crippen molar-refractivity contribution in [3.05, 3.63) is 118 Å². The summed E-state index contributed by atoms with van der Waals surface area (Å²) in [6, 6.07) is 26.0. The molecule has 2 N–H and O–H groups in total. The van der Waals surface area contributed by atoms with Gasteiger partial charge in [-0.05, 0) is 129 Å². The van der Waals surface area contributed by atoms with E-state index in [1.54, 1.807) is 12.1 Å². The van der Waals surface area contributed by atoms with Crippen LogP contribution in [-0.2, 0) is 24.6 Å². The molecule has 1 atom stereocenters. The Labute approximate surface area is 338 Å². The van der Waals surface area contributed by atoms with Crippen LogP contribution in [-0.4, -0.2) is 76.4 Å². The second-order valence-electron chi connectivity index (χ2n) is 15.1. The summed E-state index contributed by atoms with van der Waals surface area (Å²) in [6.45, 7) is 7.88. The second kappa shape index (κ2) is 19.6. The smallest absolute Gasteiger partial charge is 0.320 e. The summed E-state index contributed by atoms with van der Waals surface area (Å²) in [4.78, 5) is 21.3. The summed E-state index contributed by atoms with van der Waals surface area (Å²) in [5.41, 5.74) is 6.85. The van der Waals surface area contributed by atoms with E-state index < -0.39 is 12.0 Å². The number of carboxylic acid groups (broad SMARTS) is 1. The van der Waals surface area contributed by atoms with Gasteiger partial charge in [0.05, 0.1) is 12.3 Å². The van der Waals surface area contributed by atoms with Crippen molar-refractivity contribution in [2.24, 2.45) is 5.92 Å². The maximum Gasteiger partial charge on any atom is 0.320 e. The molecule has 2 aliphatic heterocycles. The van der Waals surface area contributed by atoms with Gasteiger partial charge in [-0.3, -0.25) is 9.69 Å². The van der Waals surface area contributed by atoms with Crippen LogP contribution in [0.25, 0.3) is 22.4 Å². The van der Waals surface area contributed by atoms with Crippen LogP contribution < -0.4 is 14.2 Å². The number of thiazole rings is 1. The summed E-state index contributed by atoms with van der Waals surface area (Å²) in [6.07, 6.45) is 5.57. The first-order chi connectivity index (χ1) is 27.8. The molecule has 7 rings (SSSR count). The molecule has 0 spiro atoms. The predicted molar refractivity (Wildman–Crippen MR) is 221 cm³/mol. The van der Waals surface area contributed by atoms with E-state index in [4.69, 9.17) is 19.2 Å². The van der Waals surface area contributed by atoms with Gasteiger partial charge in [0.25, 0.3) is 0 Å². The Morgan fingerprint density at radius 2 is 1.67 bits per heavy atom. The van der Waals surface area contributed by atoms with Crippen LogP contribution in [0.15, 0.2) is 90.3 Å². The lowest BCUT2D eigenvalue weighted by atomic mass is 9.96. The molecule has 2 fully saturated rings. The van der Waals surface area contributed by atoms with E-state index in [9.17, 15) is 19.4 Å². The van der Waals surface area contributed by atoms with Gasteiger partial charge < -0.3 is 29.3 Å². The van der Waals surface area contributed by atoms with Crippen molar-refractivity contribution in [2.75, 3.05) is 39.4 Å². The van der Waals surface area contributed by atoms with Gasteiger partial charge in [-0.1, -0.05) is 42.8 Å². The fourth-order valence-electron chi connectivity index (χ4n) is 7.78. The van der Waals surface area contributed by atoms with Crippen molar-refractivity contribution in [3.8, 4) is 39.6 Å². The minimum atomic E-state index is -0.799. The van der Waals surface area contributed by atoms with Crippen molar-refractivity contribution in [1.82, 2.24) is 14.8 Å². The number of aliphatic carboxylic acids is 1. The van der Waals surface area contributed by atoms with E-state index in [0.717, 1.165) is 102 Å². The number of carbonyl (C=O) groups is 1. The van der Waals surface area contributed by atoms with Crippen molar-refractivity contribution in [3.63, 3.8) is 0 Å². The van der Waals surface area contributed by atoms with Crippen molar-refractivity contribution in [2.45, 2.75) is 71.2 Å². The van der Waals surface area contributed by atoms with Gasteiger partial charge in [0.2, 0.25) is 0 Å². The van der Waals surface area contributed by atoms with Crippen molar-refractivity contribution >= 4 is 17.3 Å². The summed E-state index contributed by atoms with van der Waals surface area (Å²) < 4.78 is 32.5. The van der Waals surface area contributed by atoms with E-state index in [2.05, 4.69) is 42.2 Å². The minimum Gasteiger partial charge on any atom is -0.494 e. The lowest BCUT2D eigenvalue weighted by Gasteiger charge is -2.33. The number of benzene rings is 4. The summed E-state index contributed by atoms with van der Waals surface area (Å²) in [5, 5.41) is 22.0. The molecule has 4 aromatic carbocycles. The van der Waals surface area contributed by atoms with E-state index >= 15 is 0 Å². The van der Waals surface area contributed by atoms with E-state index in [1.165, 1.54) is 23.5 Å². The van der Waals surface area contributed by atoms with Gasteiger partial charge in [-0.15, -0.1) is 11.3 Å². The zero-order valence-electron chi connectivity index (χ0n) is 32.6. The van der Waals surface area contributed by atoms with Gasteiger partial charge in [-0.2, -0.15) is 0 Å². The summed E-state index contributed by atoms with van der Waals surface area (Å²) in [5.74, 6) is 1.47. The number of piperidine rings is 2. The summed E-state index contributed by atoms with van der Waals surface area (Å²) >= 11 is 1.47. The summed E-state index contributed by atoms with van der Waals surface area (Å²) in [7, 11) is 0. The molecule has 9 nitrogen and oxygen atoms in total. The number of halogens is 1. The highest BCUT2D eigenvalue weighted by Crippen LogP contribution is 2.33. The highest BCUT2D eigenvalue weighted by Gasteiger charge is 2.29. The lowest BCUT2D eigenvalue weighted by Crippen LogP contribution is -2.44. The first-order valence-electron chi connectivity index (χ1n) is 20.0. The Morgan fingerprint density at radius 3 is 2.47 bits per heavy atom. The molecule has 0 amide bonds. The maximum absolute atomic E-state index is 13.5. The Hall–Kier alpha value is -4.81. The molecule has 5 aromatic rings. The van der Waals surface area contributed by atoms with Gasteiger partial charge in [0, 0.05) is 42.3 Å². The van der Waals surface area contributed by atoms with Crippen LogP contribution in [0.2, 0.25) is 0 Å². The molecular weight excluding hydrogens is 742 g/mol. The molecule has 1 aromatic heterocycles. The van der Waals surface area contributed by atoms with Crippen molar-refractivity contribution < 1.29 is 33.6 Å². The van der Waals surface area contributed by atoms with E-state index in [0.29, 0.717) is 56.7 Å². The fraction of sp³-hybridized carbons (Fsp3) is 0.391. The Balaban J connectivity index is 1.01.